The third-order valence-electron chi connectivity index (χ3n) is 3.00. The quantitative estimate of drug-likeness (QED) is 0.467. The SMILES string of the molecule is Nc1ccc([N+](=O)[O-])c(S(=O)(=O)NCC2CCCO2)c1. The number of nitrogens with two attached hydrogens (primary N) is 1. The minimum atomic E-state index is -4.00. The van der Waals surface area contributed by atoms with Crippen LogP contribution in [0.25, 0.3) is 0 Å². The number of sulfonamides is 1. The lowest BCUT2D eigenvalue weighted by Gasteiger charge is -2.11. The second-order valence-corrected chi connectivity index (χ2v) is 6.21. The first-order chi connectivity index (χ1) is 9.40. The van der Waals surface area contributed by atoms with Gasteiger partial charge >= 0.3 is 0 Å². The highest BCUT2D eigenvalue weighted by Gasteiger charge is 2.27. The number of anilines is 1. The first-order valence-corrected chi connectivity index (χ1v) is 7.53. The predicted molar refractivity (Wildman–Crippen MR) is 71.7 cm³/mol. The largest absolute Gasteiger partial charge is 0.399 e. The number of hydrogen-bond donors (Lipinski definition) is 2. The molecule has 1 unspecified atom stereocenters. The summed E-state index contributed by atoms with van der Waals surface area (Å²) in [4.78, 5) is 9.71. The highest BCUT2D eigenvalue weighted by Crippen LogP contribution is 2.25. The summed E-state index contributed by atoms with van der Waals surface area (Å²) in [7, 11) is -4.00. The van der Waals surface area contributed by atoms with Crippen LogP contribution >= 0.6 is 0 Å². The summed E-state index contributed by atoms with van der Waals surface area (Å²) in [6, 6.07) is 3.45. The Morgan fingerprint density at radius 2 is 2.25 bits per heavy atom. The Labute approximate surface area is 116 Å². The molecule has 8 nitrogen and oxygen atoms in total. The van der Waals surface area contributed by atoms with Gasteiger partial charge in [-0.15, -0.1) is 0 Å². The van der Waals surface area contributed by atoms with Crippen molar-refractivity contribution in [1.82, 2.24) is 4.72 Å². The van der Waals surface area contributed by atoms with Crippen molar-refractivity contribution in [3.63, 3.8) is 0 Å². The summed E-state index contributed by atoms with van der Waals surface area (Å²) in [5, 5.41) is 10.9. The summed E-state index contributed by atoms with van der Waals surface area (Å²) in [6.07, 6.45) is 1.46. The van der Waals surface area contributed by atoms with Crippen molar-refractivity contribution in [3.05, 3.63) is 28.3 Å². The highest BCUT2D eigenvalue weighted by atomic mass is 32.2. The molecule has 0 aromatic heterocycles. The molecule has 1 aromatic rings. The molecule has 1 aliphatic heterocycles. The Bertz CT molecular complexity index is 610. The Kier molecular flexibility index (Phi) is 4.21. The van der Waals surface area contributed by atoms with Crippen LogP contribution in [0.4, 0.5) is 11.4 Å². The van der Waals surface area contributed by atoms with Crippen LogP contribution in [-0.2, 0) is 14.8 Å². The molecule has 2 rings (SSSR count). The third kappa shape index (κ3) is 3.24. The van der Waals surface area contributed by atoms with Crippen LogP contribution in [-0.4, -0.2) is 32.6 Å². The molecule has 0 aliphatic carbocycles. The van der Waals surface area contributed by atoms with Crippen LogP contribution in [0, 0.1) is 10.1 Å². The molecule has 1 atom stereocenters. The van der Waals surface area contributed by atoms with Crippen LogP contribution in [0.2, 0.25) is 0 Å². The van der Waals surface area contributed by atoms with E-state index in [1.807, 2.05) is 0 Å². The molecular formula is C11H15N3O5S. The zero-order valence-electron chi connectivity index (χ0n) is 10.6. The summed E-state index contributed by atoms with van der Waals surface area (Å²) < 4.78 is 31.9. The van der Waals surface area contributed by atoms with Crippen LogP contribution in [0.5, 0.6) is 0 Å². The molecule has 0 bridgehead atoms. The molecule has 1 aliphatic rings. The minimum absolute atomic E-state index is 0.0916. The first kappa shape index (κ1) is 14.7. The summed E-state index contributed by atoms with van der Waals surface area (Å²) in [5.41, 5.74) is 5.15. The maximum Gasteiger partial charge on any atom is 0.289 e. The molecule has 0 saturated carbocycles. The van der Waals surface area contributed by atoms with E-state index in [1.165, 1.54) is 6.07 Å². The Balaban J connectivity index is 2.23. The number of nitrogens with one attached hydrogen (secondary N) is 1. The number of nitrogen functional groups attached to an aromatic ring is 1. The number of nitro benzene ring substituents is 1. The van der Waals surface area contributed by atoms with E-state index < -0.39 is 25.5 Å². The van der Waals surface area contributed by atoms with Gasteiger partial charge < -0.3 is 10.5 Å². The standard InChI is InChI=1S/C11H15N3O5S/c12-8-3-4-10(14(15)16)11(6-8)20(17,18)13-7-9-2-1-5-19-9/h3-4,6,9,13H,1-2,5,7,12H2. The monoisotopic (exact) mass is 301 g/mol. The maximum atomic E-state index is 12.1. The van der Waals surface area contributed by atoms with Crippen molar-refractivity contribution in [1.29, 1.82) is 0 Å². The fourth-order valence-electron chi connectivity index (χ4n) is 1.98. The van der Waals surface area contributed by atoms with Gasteiger partial charge in [0.1, 0.15) is 0 Å². The summed E-state index contributed by atoms with van der Waals surface area (Å²) in [5.74, 6) is 0. The van der Waals surface area contributed by atoms with E-state index in [9.17, 15) is 18.5 Å². The van der Waals surface area contributed by atoms with E-state index in [-0.39, 0.29) is 18.3 Å². The molecule has 1 heterocycles. The molecule has 3 N–H and O–H groups in total. The molecule has 9 heteroatoms. The number of hydrogen-bond acceptors (Lipinski definition) is 6. The molecular weight excluding hydrogens is 286 g/mol. The Morgan fingerprint density at radius 3 is 2.85 bits per heavy atom. The van der Waals surface area contributed by atoms with Crippen molar-refractivity contribution >= 4 is 21.4 Å². The lowest BCUT2D eigenvalue weighted by atomic mass is 10.2. The van der Waals surface area contributed by atoms with Gasteiger partial charge in [0.05, 0.1) is 11.0 Å². The number of ether oxygens (including phenoxy) is 1. The van der Waals surface area contributed by atoms with Crippen LogP contribution in [0.3, 0.4) is 0 Å². The van der Waals surface area contributed by atoms with Gasteiger partial charge in [-0.25, -0.2) is 13.1 Å². The lowest BCUT2D eigenvalue weighted by Crippen LogP contribution is -2.32. The van der Waals surface area contributed by atoms with E-state index in [2.05, 4.69) is 4.72 Å². The van der Waals surface area contributed by atoms with E-state index in [1.54, 1.807) is 0 Å². The molecule has 110 valence electrons. The molecule has 0 spiro atoms. The number of rotatable bonds is 5. The van der Waals surface area contributed by atoms with Crippen molar-refractivity contribution in [2.75, 3.05) is 18.9 Å². The smallest absolute Gasteiger partial charge is 0.289 e. The Morgan fingerprint density at radius 1 is 1.50 bits per heavy atom. The molecule has 1 fully saturated rings. The van der Waals surface area contributed by atoms with Gasteiger partial charge in [-0.1, -0.05) is 0 Å². The van der Waals surface area contributed by atoms with E-state index in [0.29, 0.717) is 6.61 Å². The Hall–Kier alpha value is -1.71. The average molecular weight is 301 g/mol. The van der Waals surface area contributed by atoms with Crippen LogP contribution in [0.15, 0.2) is 23.1 Å². The van der Waals surface area contributed by atoms with Crippen molar-refractivity contribution in [2.45, 2.75) is 23.8 Å². The number of nitro groups is 1. The van der Waals surface area contributed by atoms with E-state index >= 15 is 0 Å². The maximum absolute atomic E-state index is 12.1. The molecule has 1 aromatic carbocycles. The van der Waals surface area contributed by atoms with Gasteiger partial charge in [-0.2, -0.15) is 0 Å². The second-order valence-electron chi connectivity index (χ2n) is 4.47. The first-order valence-electron chi connectivity index (χ1n) is 6.05. The van der Waals surface area contributed by atoms with Gasteiger partial charge in [0, 0.05) is 24.9 Å². The topological polar surface area (TPSA) is 125 Å². The second kappa shape index (κ2) is 5.73. The lowest BCUT2D eigenvalue weighted by molar-refractivity contribution is -0.387. The van der Waals surface area contributed by atoms with E-state index in [4.69, 9.17) is 10.5 Å². The normalized spacial score (nSPS) is 19.1. The summed E-state index contributed by atoms with van der Waals surface area (Å²) >= 11 is 0. The van der Waals surface area contributed by atoms with Gasteiger partial charge in [-0.05, 0) is 25.0 Å². The fraction of sp³-hybridized carbons (Fsp3) is 0.455. The van der Waals surface area contributed by atoms with Crippen molar-refractivity contribution < 1.29 is 18.1 Å². The molecule has 0 amide bonds. The van der Waals surface area contributed by atoms with Gasteiger partial charge in [0.25, 0.3) is 5.69 Å². The van der Waals surface area contributed by atoms with Crippen molar-refractivity contribution in [2.24, 2.45) is 0 Å². The highest BCUT2D eigenvalue weighted by molar-refractivity contribution is 7.89. The van der Waals surface area contributed by atoms with Crippen LogP contribution < -0.4 is 10.5 Å². The molecule has 0 radical (unpaired) electrons. The van der Waals surface area contributed by atoms with Gasteiger partial charge in [0.15, 0.2) is 4.90 Å². The summed E-state index contributed by atoms with van der Waals surface area (Å²) in [6.45, 7) is 0.694. The third-order valence-corrected chi connectivity index (χ3v) is 4.45. The van der Waals surface area contributed by atoms with E-state index in [0.717, 1.165) is 25.0 Å². The fourth-order valence-corrected chi connectivity index (χ4v) is 3.25. The zero-order valence-corrected chi connectivity index (χ0v) is 11.4. The number of nitrogens with zero attached hydrogens (tertiary/aromatic N) is 1. The van der Waals surface area contributed by atoms with Gasteiger partial charge in [-0.3, -0.25) is 10.1 Å². The zero-order chi connectivity index (χ0) is 14.8. The van der Waals surface area contributed by atoms with Crippen LogP contribution in [0.1, 0.15) is 12.8 Å². The molecule has 1 saturated heterocycles. The van der Waals surface area contributed by atoms with Crippen molar-refractivity contribution in [3.8, 4) is 0 Å². The minimum Gasteiger partial charge on any atom is -0.399 e. The average Bonchev–Trinajstić information content (AvgIpc) is 2.89. The number of benzene rings is 1. The van der Waals surface area contributed by atoms with Gasteiger partial charge in [0.2, 0.25) is 10.0 Å². The predicted octanol–water partition coefficient (Wildman–Crippen LogP) is 0.634. The molecule has 20 heavy (non-hydrogen) atoms.